The van der Waals surface area contributed by atoms with E-state index in [0.29, 0.717) is 6.42 Å². The molecule has 1 rings (SSSR count). The highest BCUT2D eigenvalue weighted by atomic mass is 14.6. The van der Waals surface area contributed by atoms with Crippen LogP contribution in [0, 0.1) is 18.3 Å². The Bertz CT molecular complexity index is 408. The molecule has 0 aliphatic carbocycles. The van der Waals surface area contributed by atoms with E-state index in [1.165, 1.54) is 16.7 Å². The third-order valence-corrected chi connectivity index (χ3v) is 2.81. The lowest BCUT2D eigenvalue weighted by Gasteiger charge is -2.20. The standard InChI is InChI=1S/C14H20N2/c1-10-7-12(14(2,3)4)6-5-11(10)8-13(16)9-15/h5-7,13H,8,16H2,1-4H3. The number of hydrogen-bond acceptors (Lipinski definition) is 2. The smallest absolute Gasteiger partial charge is 0.0968 e. The molecule has 86 valence electrons. The minimum absolute atomic E-state index is 0.167. The van der Waals surface area contributed by atoms with Crippen LogP contribution in [-0.2, 0) is 11.8 Å². The number of rotatable bonds is 2. The molecule has 2 nitrogen and oxygen atoms in total. The predicted molar refractivity (Wildman–Crippen MR) is 67.2 cm³/mol. The van der Waals surface area contributed by atoms with Crippen LogP contribution < -0.4 is 5.73 Å². The minimum atomic E-state index is -0.404. The Labute approximate surface area is 98.1 Å². The van der Waals surface area contributed by atoms with E-state index in [2.05, 4.69) is 52.0 Å². The zero-order valence-corrected chi connectivity index (χ0v) is 10.5. The van der Waals surface area contributed by atoms with Gasteiger partial charge in [0.15, 0.2) is 0 Å². The summed E-state index contributed by atoms with van der Waals surface area (Å²) in [5.41, 5.74) is 9.51. The summed E-state index contributed by atoms with van der Waals surface area (Å²) in [4.78, 5) is 0. The number of benzene rings is 1. The van der Waals surface area contributed by atoms with Gasteiger partial charge in [0.1, 0.15) is 0 Å². The first-order valence-corrected chi connectivity index (χ1v) is 5.60. The molecule has 16 heavy (non-hydrogen) atoms. The topological polar surface area (TPSA) is 49.8 Å². The Kier molecular flexibility index (Phi) is 3.72. The summed E-state index contributed by atoms with van der Waals surface area (Å²) in [5.74, 6) is 0. The molecule has 0 heterocycles. The SMILES string of the molecule is Cc1cc(C(C)(C)C)ccc1CC(N)C#N. The van der Waals surface area contributed by atoms with Crippen molar-refractivity contribution in [3.8, 4) is 6.07 Å². The van der Waals surface area contributed by atoms with Crippen molar-refractivity contribution in [3.63, 3.8) is 0 Å². The molecule has 2 heteroatoms. The van der Waals surface area contributed by atoms with Gasteiger partial charge in [-0.05, 0) is 29.0 Å². The van der Waals surface area contributed by atoms with Gasteiger partial charge in [0, 0.05) is 6.42 Å². The lowest BCUT2D eigenvalue weighted by molar-refractivity contribution is 0.589. The lowest BCUT2D eigenvalue weighted by atomic mass is 9.85. The fourth-order valence-electron chi connectivity index (χ4n) is 1.67. The van der Waals surface area contributed by atoms with Crippen molar-refractivity contribution >= 4 is 0 Å². The van der Waals surface area contributed by atoms with Gasteiger partial charge in [0.25, 0.3) is 0 Å². The van der Waals surface area contributed by atoms with E-state index in [9.17, 15) is 0 Å². The first-order valence-electron chi connectivity index (χ1n) is 5.60. The van der Waals surface area contributed by atoms with Crippen molar-refractivity contribution in [2.45, 2.75) is 45.6 Å². The van der Waals surface area contributed by atoms with Gasteiger partial charge < -0.3 is 5.73 Å². The molecule has 1 atom stereocenters. The van der Waals surface area contributed by atoms with Crippen molar-refractivity contribution in [2.24, 2.45) is 5.73 Å². The van der Waals surface area contributed by atoms with Crippen molar-refractivity contribution in [1.29, 1.82) is 5.26 Å². The number of nitriles is 1. The maximum Gasteiger partial charge on any atom is 0.0968 e. The van der Waals surface area contributed by atoms with E-state index in [0.717, 1.165) is 0 Å². The van der Waals surface area contributed by atoms with Crippen LogP contribution in [0.25, 0.3) is 0 Å². The van der Waals surface area contributed by atoms with Crippen LogP contribution in [-0.4, -0.2) is 6.04 Å². The Morgan fingerprint density at radius 1 is 1.38 bits per heavy atom. The quantitative estimate of drug-likeness (QED) is 0.826. The molecule has 0 aromatic heterocycles. The third-order valence-electron chi connectivity index (χ3n) is 2.81. The van der Waals surface area contributed by atoms with Crippen LogP contribution in [0.1, 0.15) is 37.5 Å². The van der Waals surface area contributed by atoms with Gasteiger partial charge in [-0.1, -0.05) is 39.0 Å². The van der Waals surface area contributed by atoms with E-state index in [4.69, 9.17) is 11.0 Å². The second-order valence-corrected chi connectivity index (χ2v) is 5.33. The van der Waals surface area contributed by atoms with Gasteiger partial charge in [0.2, 0.25) is 0 Å². The Morgan fingerprint density at radius 2 is 2.00 bits per heavy atom. The summed E-state index contributed by atoms with van der Waals surface area (Å²) in [5, 5.41) is 8.70. The first-order chi connectivity index (χ1) is 7.34. The number of aryl methyl sites for hydroxylation is 1. The highest BCUT2D eigenvalue weighted by molar-refractivity contribution is 5.35. The van der Waals surface area contributed by atoms with Gasteiger partial charge >= 0.3 is 0 Å². The third kappa shape index (κ3) is 3.08. The first kappa shape index (κ1) is 12.7. The molecule has 2 N–H and O–H groups in total. The molecule has 0 radical (unpaired) electrons. The maximum absolute atomic E-state index is 8.70. The van der Waals surface area contributed by atoms with E-state index in [1.54, 1.807) is 0 Å². The second-order valence-electron chi connectivity index (χ2n) is 5.33. The van der Waals surface area contributed by atoms with Crippen LogP contribution in [0.15, 0.2) is 18.2 Å². The van der Waals surface area contributed by atoms with Crippen LogP contribution >= 0.6 is 0 Å². The average Bonchev–Trinajstić information content (AvgIpc) is 2.19. The number of nitrogens with two attached hydrogens (primary N) is 1. The van der Waals surface area contributed by atoms with Gasteiger partial charge in [-0.2, -0.15) is 5.26 Å². The highest BCUT2D eigenvalue weighted by Gasteiger charge is 2.14. The van der Waals surface area contributed by atoms with E-state index < -0.39 is 6.04 Å². The van der Waals surface area contributed by atoms with E-state index in [-0.39, 0.29) is 5.41 Å². The van der Waals surface area contributed by atoms with Gasteiger partial charge in [0.05, 0.1) is 12.1 Å². The zero-order valence-electron chi connectivity index (χ0n) is 10.5. The fraction of sp³-hybridized carbons (Fsp3) is 0.500. The molecule has 0 aliphatic heterocycles. The summed E-state index contributed by atoms with van der Waals surface area (Å²) in [6, 6.07) is 8.08. The molecule has 0 saturated carbocycles. The van der Waals surface area contributed by atoms with Crippen molar-refractivity contribution in [1.82, 2.24) is 0 Å². The molecule has 0 spiro atoms. The van der Waals surface area contributed by atoms with E-state index >= 15 is 0 Å². The Hall–Kier alpha value is -1.33. The average molecular weight is 216 g/mol. The maximum atomic E-state index is 8.70. The van der Waals surface area contributed by atoms with Crippen molar-refractivity contribution in [3.05, 3.63) is 34.9 Å². The molecule has 0 aliphatic rings. The minimum Gasteiger partial charge on any atom is -0.316 e. The normalized spacial score (nSPS) is 13.2. The summed E-state index contributed by atoms with van der Waals surface area (Å²) in [7, 11) is 0. The number of nitrogens with zero attached hydrogens (tertiary/aromatic N) is 1. The van der Waals surface area contributed by atoms with Crippen LogP contribution in [0.2, 0.25) is 0 Å². The van der Waals surface area contributed by atoms with Crippen LogP contribution in [0.4, 0.5) is 0 Å². The lowest BCUT2D eigenvalue weighted by Crippen LogP contribution is -2.21. The van der Waals surface area contributed by atoms with Gasteiger partial charge in [-0.25, -0.2) is 0 Å². The molecule has 0 saturated heterocycles. The van der Waals surface area contributed by atoms with Gasteiger partial charge in [-0.15, -0.1) is 0 Å². The highest BCUT2D eigenvalue weighted by Crippen LogP contribution is 2.24. The van der Waals surface area contributed by atoms with E-state index in [1.807, 2.05) is 0 Å². The van der Waals surface area contributed by atoms with Crippen LogP contribution in [0.3, 0.4) is 0 Å². The molecule has 0 fully saturated rings. The largest absolute Gasteiger partial charge is 0.316 e. The Morgan fingerprint density at radius 3 is 2.44 bits per heavy atom. The number of hydrogen-bond donors (Lipinski definition) is 1. The van der Waals surface area contributed by atoms with Gasteiger partial charge in [-0.3, -0.25) is 0 Å². The molecule has 0 amide bonds. The van der Waals surface area contributed by atoms with Crippen LogP contribution in [0.5, 0.6) is 0 Å². The molecular weight excluding hydrogens is 196 g/mol. The Balaban J connectivity index is 2.97. The molecule has 1 unspecified atom stereocenters. The molecule has 1 aromatic carbocycles. The summed E-state index contributed by atoms with van der Waals surface area (Å²) >= 11 is 0. The fourth-order valence-corrected chi connectivity index (χ4v) is 1.67. The molecule has 1 aromatic rings. The van der Waals surface area contributed by atoms with Crippen molar-refractivity contribution < 1.29 is 0 Å². The molecule has 0 bridgehead atoms. The zero-order chi connectivity index (χ0) is 12.3. The summed E-state index contributed by atoms with van der Waals surface area (Å²) < 4.78 is 0. The van der Waals surface area contributed by atoms with Crippen molar-refractivity contribution in [2.75, 3.05) is 0 Å². The second kappa shape index (κ2) is 4.67. The monoisotopic (exact) mass is 216 g/mol. The summed E-state index contributed by atoms with van der Waals surface area (Å²) in [6.07, 6.45) is 0.632. The summed E-state index contributed by atoms with van der Waals surface area (Å²) in [6.45, 7) is 8.67. The molecular formula is C14H20N2. The predicted octanol–water partition coefficient (Wildman–Crippen LogP) is 2.69.